The van der Waals surface area contributed by atoms with E-state index in [-0.39, 0.29) is 32.8 Å². The van der Waals surface area contributed by atoms with Crippen molar-refractivity contribution in [2.45, 2.75) is 155 Å². The van der Waals surface area contributed by atoms with Crippen molar-refractivity contribution in [1.29, 1.82) is 0 Å². The molecule has 3 N–H and O–H groups in total. The number of hydrogen-bond donors (Lipinski definition) is 2. The maximum absolute atomic E-state index is 12.6. The number of esters is 1. The molecule has 0 aliphatic rings. The van der Waals surface area contributed by atoms with E-state index in [1.165, 1.54) is 38.5 Å². The Kier molecular flexibility index (Phi) is 42.1. The minimum Gasteiger partial charge on any atom is -0.457 e. The van der Waals surface area contributed by atoms with E-state index in [1.54, 1.807) is 0 Å². The highest BCUT2D eigenvalue weighted by molar-refractivity contribution is 7.47. The number of rotatable bonds is 40. The summed E-state index contributed by atoms with van der Waals surface area (Å²) in [5.41, 5.74) is 5.36. The maximum Gasteiger partial charge on any atom is 0.472 e. The van der Waals surface area contributed by atoms with Gasteiger partial charge in [0.05, 0.1) is 19.8 Å². The smallest absolute Gasteiger partial charge is 0.457 e. The normalized spacial score (nSPS) is 14.5. The topological polar surface area (TPSA) is 117 Å². The van der Waals surface area contributed by atoms with Gasteiger partial charge in [0.1, 0.15) is 6.10 Å². The van der Waals surface area contributed by atoms with E-state index in [9.17, 15) is 14.3 Å². The third-order valence-electron chi connectivity index (χ3n) is 8.42. The van der Waals surface area contributed by atoms with E-state index >= 15 is 0 Å². The van der Waals surface area contributed by atoms with E-state index < -0.39 is 19.9 Å². The van der Waals surface area contributed by atoms with Crippen LogP contribution in [0.5, 0.6) is 0 Å². The molecule has 57 heavy (non-hydrogen) atoms. The third-order valence-corrected chi connectivity index (χ3v) is 9.41. The van der Waals surface area contributed by atoms with Crippen LogP contribution in [0.4, 0.5) is 0 Å². The molecule has 0 saturated carbocycles. The summed E-state index contributed by atoms with van der Waals surface area (Å²) >= 11 is 0. The number of ether oxygens (including phenoxy) is 2. The van der Waals surface area contributed by atoms with E-state index in [2.05, 4.69) is 123 Å². The summed E-state index contributed by atoms with van der Waals surface area (Å²) in [5, 5.41) is 0. The van der Waals surface area contributed by atoms with E-state index in [0.717, 1.165) is 83.5 Å². The molecule has 0 radical (unpaired) electrons. The molecule has 0 rings (SSSR count). The molecule has 324 valence electrons. The van der Waals surface area contributed by atoms with Gasteiger partial charge in [0.15, 0.2) is 0 Å². The molecule has 0 aromatic carbocycles. The summed E-state index contributed by atoms with van der Waals surface area (Å²) in [4.78, 5) is 22.5. The minimum absolute atomic E-state index is 0.0780. The zero-order valence-electron chi connectivity index (χ0n) is 35.8. The van der Waals surface area contributed by atoms with Crippen LogP contribution in [0.25, 0.3) is 0 Å². The van der Waals surface area contributed by atoms with Gasteiger partial charge in [0, 0.05) is 19.6 Å². The molecule has 0 fully saturated rings. The average molecular weight is 814 g/mol. The maximum atomic E-state index is 12.6. The lowest BCUT2D eigenvalue weighted by Gasteiger charge is -2.20. The first-order chi connectivity index (χ1) is 27.9. The van der Waals surface area contributed by atoms with Gasteiger partial charge in [0.25, 0.3) is 0 Å². The van der Waals surface area contributed by atoms with Gasteiger partial charge in [0.2, 0.25) is 0 Å². The van der Waals surface area contributed by atoms with E-state index in [4.69, 9.17) is 24.3 Å². The lowest BCUT2D eigenvalue weighted by molar-refractivity contribution is -0.154. The van der Waals surface area contributed by atoms with Gasteiger partial charge in [-0.05, 0) is 89.9 Å². The van der Waals surface area contributed by atoms with Gasteiger partial charge in [-0.3, -0.25) is 13.8 Å². The highest BCUT2D eigenvalue weighted by atomic mass is 31.2. The fourth-order valence-electron chi connectivity index (χ4n) is 5.24. The Balaban J connectivity index is 4.20. The van der Waals surface area contributed by atoms with Gasteiger partial charge >= 0.3 is 13.8 Å². The Morgan fingerprint density at radius 2 is 0.982 bits per heavy atom. The van der Waals surface area contributed by atoms with Crippen LogP contribution in [-0.2, 0) is 27.9 Å². The van der Waals surface area contributed by atoms with Crippen molar-refractivity contribution < 1.29 is 32.8 Å². The van der Waals surface area contributed by atoms with Crippen molar-refractivity contribution >= 4 is 13.8 Å². The van der Waals surface area contributed by atoms with Crippen molar-refractivity contribution in [3.8, 4) is 0 Å². The molecule has 8 nitrogen and oxygen atoms in total. The standard InChI is InChI=1S/C48H80NO7P/c1-3-5-7-9-11-13-15-17-19-20-21-22-23-24-25-26-27-29-31-33-35-37-39-41-48(50)56-47(46-55-57(51,52)54-44-42-49)45-53-43-40-38-36-34-32-30-28-18-16-14-12-10-8-6-4-2/h5,7,10-13,16-19,21-22,24-25,27,29,33,35,47H,3-4,6,8-9,14-15,20,23,26,28,30-32,34,36-46,49H2,1-2H3,(H,51,52)/b7-5-,12-10-,13-11-,18-16-,19-17-,22-21-,25-24-,29-27-,35-33-. The average Bonchev–Trinajstić information content (AvgIpc) is 3.20. The van der Waals surface area contributed by atoms with Crippen LogP contribution in [-0.4, -0.2) is 49.9 Å². The lowest BCUT2D eigenvalue weighted by Crippen LogP contribution is -2.28. The number of allylic oxidation sites excluding steroid dienone is 18. The van der Waals surface area contributed by atoms with Crippen molar-refractivity contribution in [1.82, 2.24) is 0 Å². The third kappa shape index (κ3) is 44.1. The molecular weight excluding hydrogens is 734 g/mol. The molecule has 2 atom stereocenters. The molecule has 0 aliphatic heterocycles. The minimum atomic E-state index is -4.30. The molecule has 9 heteroatoms. The van der Waals surface area contributed by atoms with Crippen LogP contribution in [0, 0.1) is 0 Å². The summed E-state index contributed by atoms with van der Waals surface area (Å²) in [7, 11) is -4.30. The molecule has 2 unspecified atom stereocenters. The zero-order chi connectivity index (χ0) is 41.6. The molecule has 0 aromatic heterocycles. The molecule has 0 aromatic rings. The second-order valence-electron chi connectivity index (χ2n) is 13.8. The summed E-state index contributed by atoms with van der Waals surface area (Å²) in [5.74, 6) is -0.397. The molecule has 0 bridgehead atoms. The highest BCUT2D eigenvalue weighted by Crippen LogP contribution is 2.43. The fourth-order valence-corrected chi connectivity index (χ4v) is 6.00. The number of nitrogens with two attached hydrogens (primary N) is 1. The Hall–Kier alpha value is -2.84. The summed E-state index contributed by atoms with van der Waals surface area (Å²) in [6.07, 6.45) is 59.7. The Morgan fingerprint density at radius 1 is 0.544 bits per heavy atom. The first-order valence-corrected chi connectivity index (χ1v) is 23.4. The van der Waals surface area contributed by atoms with Gasteiger partial charge in [-0.2, -0.15) is 0 Å². The zero-order valence-corrected chi connectivity index (χ0v) is 36.7. The predicted molar refractivity (Wildman–Crippen MR) is 242 cm³/mol. The fraction of sp³-hybridized carbons (Fsp3) is 0.604. The molecule has 0 amide bonds. The first kappa shape index (κ1) is 54.2. The Labute approximate surface area is 348 Å². The number of carbonyl (C=O) groups excluding carboxylic acids is 1. The van der Waals surface area contributed by atoms with Gasteiger partial charge < -0.3 is 20.1 Å². The number of phosphoric acid groups is 1. The largest absolute Gasteiger partial charge is 0.472 e. The molecule has 0 spiro atoms. The number of hydrogen-bond acceptors (Lipinski definition) is 7. The van der Waals surface area contributed by atoms with Crippen molar-refractivity contribution in [2.75, 3.05) is 33.0 Å². The Bertz CT molecular complexity index is 1230. The van der Waals surface area contributed by atoms with Gasteiger partial charge in [-0.25, -0.2) is 4.57 Å². The number of phosphoric ester groups is 1. The van der Waals surface area contributed by atoms with Crippen LogP contribution < -0.4 is 5.73 Å². The van der Waals surface area contributed by atoms with Crippen LogP contribution in [0.1, 0.15) is 149 Å². The first-order valence-electron chi connectivity index (χ1n) is 21.9. The monoisotopic (exact) mass is 814 g/mol. The SMILES string of the molecule is CC/C=C\C/C=C\C/C=C\C/C=C\C/C=C\C/C=C\C/C=C\CCCC(=O)OC(COCCCCCCCC/C=C\C/C=C\CCCC)COP(=O)(O)OCCN. The van der Waals surface area contributed by atoms with Crippen molar-refractivity contribution in [3.63, 3.8) is 0 Å². The quantitative estimate of drug-likeness (QED) is 0.0272. The summed E-state index contributed by atoms with van der Waals surface area (Å²) < 4.78 is 33.3. The molecule has 0 heterocycles. The molecule has 0 saturated heterocycles. The van der Waals surface area contributed by atoms with Gasteiger partial charge in [-0.15, -0.1) is 0 Å². The van der Waals surface area contributed by atoms with Crippen LogP contribution in [0.2, 0.25) is 0 Å². The highest BCUT2D eigenvalue weighted by Gasteiger charge is 2.25. The van der Waals surface area contributed by atoms with Crippen molar-refractivity contribution in [3.05, 3.63) is 109 Å². The summed E-state index contributed by atoms with van der Waals surface area (Å²) in [6.45, 7) is 4.63. The van der Waals surface area contributed by atoms with Crippen LogP contribution in [0.15, 0.2) is 109 Å². The predicted octanol–water partition coefficient (Wildman–Crippen LogP) is 13.2. The second kappa shape index (κ2) is 44.3. The second-order valence-corrected chi connectivity index (χ2v) is 15.3. The summed E-state index contributed by atoms with van der Waals surface area (Å²) in [6, 6.07) is 0. The van der Waals surface area contributed by atoms with Crippen LogP contribution >= 0.6 is 7.82 Å². The van der Waals surface area contributed by atoms with Gasteiger partial charge in [-0.1, -0.05) is 162 Å². The molecule has 0 aliphatic carbocycles. The van der Waals surface area contributed by atoms with Crippen molar-refractivity contribution in [2.24, 2.45) is 5.73 Å². The number of carbonyl (C=O) groups is 1. The van der Waals surface area contributed by atoms with E-state index in [1.807, 2.05) is 0 Å². The number of unbranched alkanes of at least 4 members (excludes halogenated alkanes) is 9. The Morgan fingerprint density at radius 3 is 1.47 bits per heavy atom. The molecular formula is C48H80NO7P. The lowest BCUT2D eigenvalue weighted by atomic mass is 10.1. The van der Waals surface area contributed by atoms with E-state index in [0.29, 0.717) is 13.0 Å². The van der Waals surface area contributed by atoms with Crippen LogP contribution in [0.3, 0.4) is 0 Å².